The van der Waals surface area contributed by atoms with Crippen molar-refractivity contribution >= 4 is 15.9 Å². The minimum Gasteiger partial charge on any atom is -0.261 e. The Labute approximate surface area is 115 Å². The molecule has 0 aliphatic rings. The maximum Gasteiger partial charge on any atom is 0.130 e. The number of rotatable bonds is 3. The molecule has 0 N–H and O–H groups in total. The minimum atomic E-state index is -0.137. The fourth-order valence-electron chi connectivity index (χ4n) is 1.95. The van der Waals surface area contributed by atoms with Crippen LogP contribution in [-0.4, -0.2) is 4.98 Å². The molecule has 2 atom stereocenters. The molecule has 0 saturated heterocycles. The van der Waals surface area contributed by atoms with Crippen LogP contribution >= 0.6 is 15.9 Å². The van der Waals surface area contributed by atoms with E-state index in [0.29, 0.717) is 11.1 Å². The van der Waals surface area contributed by atoms with Crippen molar-refractivity contribution in [3.8, 4) is 0 Å². The normalized spacial score (nSPS) is 14.2. The number of aromatic nitrogens is 1. The van der Waals surface area contributed by atoms with Gasteiger partial charge in [-0.2, -0.15) is 0 Å². The van der Waals surface area contributed by atoms with Crippen molar-refractivity contribution in [3.05, 3.63) is 65.2 Å². The topological polar surface area (TPSA) is 12.9 Å². The number of halogens is 2. The molecule has 18 heavy (non-hydrogen) atoms. The Morgan fingerprint density at radius 3 is 2.61 bits per heavy atom. The summed E-state index contributed by atoms with van der Waals surface area (Å²) < 4.78 is 14.1. The van der Waals surface area contributed by atoms with Gasteiger partial charge in [0.2, 0.25) is 0 Å². The van der Waals surface area contributed by atoms with Crippen LogP contribution in [0.3, 0.4) is 0 Å². The van der Waals surface area contributed by atoms with Crippen LogP contribution in [0.4, 0.5) is 4.39 Å². The number of hydrogen-bond donors (Lipinski definition) is 0. The van der Waals surface area contributed by atoms with Gasteiger partial charge < -0.3 is 0 Å². The summed E-state index contributed by atoms with van der Waals surface area (Å²) in [6, 6.07) is 11.3. The van der Waals surface area contributed by atoms with E-state index >= 15 is 0 Å². The first-order valence-corrected chi connectivity index (χ1v) is 6.83. The Hall–Kier alpha value is -1.22. The maximum absolute atomic E-state index is 14.1. The quantitative estimate of drug-likeness (QED) is 0.744. The van der Waals surface area contributed by atoms with Gasteiger partial charge in [-0.25, -0.2) is 4.39 Å². The number of pyridine rings is 1. The zero-order chi connectivity index (χ0) is 13.1. The van der Waals surface area contributed by atoms with Gasteiger partial charge in [0.15, 0.2) is 0 Å². The zero-order valence-electron chi connectivity index (χ0n) is 10.4. The molecular weight excluding hydrogens is 293 g/mol. The largest absolute Gasteiger partial charge is 0.261 e. The molecule has 0 amide bonds. The third-order valence-corrected chi connectivity index (χ3v) is 4.40. The van der Waals surface area contributed by atoms with Crippen LogP contribution in [0.2, 0.25) is 0 Å². The molecule has 0 radical (unpaired) electrons. The summed E-state index contributed by atoms with van der Waals surface area (Å²) in [4.78, 5) is 4.25. The summed E-state index contributed by atoms with van der Waals surface area (Å²) in [5, 5.41) is 0. The van der Waals surface area contributed by atoms with Gasteiger partial charge in [0, 0.05) is 23.4 Å². The van der Waals surface area contributed by atoms with Crippen molar-refractivity contribution in [2.75, 3.05) is 0 Å². The fourth-order valence-corrected chi connectivity index (χ4v) is 2.57. The highest BCUT2D eigenvalue weighted by molar-refractivity contribution is 9.09. The van der Waals surface area contributed by atoms with E-state index in [0.717, 1.165) is 5.69 Å². The molecule has 3 heteroatoms. The highest BCUT2D eigenvalue weighted by Crippen LogP contribution is 2.38. The van der Waals surface area contributed by atoms with E-state index < -0.39 is 0 Å². The predicted octanol–water partition coefficient (Wildman–Crippen LogP) is 4.77. The average Bonchev–Trinajstić information content (AvgIpc) is 2.41. The summed E-state index contributed by atoms with van der Waals surface area (Å²) in [6.45, 7) is 3.83. The van der Waals surface area contributed by atoms with E-state index in [2.05, 4.69) is 20.9 Å². The predicted molar refractivity (Wildman–Crippen MR) is 75.5 cm³/mol. The van der Waals surface area contributed by atoms with Crippen LogP contribution in [0.5, 0.6) is 0 Å². The Kier molecular flexibility index (Phi) is 4.12. The van der Waals surface area contributed by atoms with Gasteiger partial charge in [-0.05, 0) is 24.6 Å². The van der Waals surface area contributed by atoms with Gasteiger partial charge in [0.05, 0.1) is 4.83 Å². The molecule has 94 valence electrons. The Bertz CT molecular complexity index is 527. The molecule has 0 aliphatic heterocycles. The summed E-state index contributed by atoms with van der Waals surface area (Å²) in [5.41, 5.74) is 2.32. The van der Waals surface area contributed by atoms with E-state index in [1.807, 2.05) is 37.3 Å². The Morgan fingerprint density at radius 2 is 1.94 bits per heavy atom. The molecule has 0 bridgehead atoms. The summed E-state index contributed by atoms with van der Waals surface area (Å²) in [6.07, 6.45) is 1.76. The summed E-state index contributed by atoms with van der Waals surface area (Å²) in [7, 11) is 0. The smallest absolute Gasteiger partial charge is 0.130 e. The molecule has 0 saturated carbocycles. The molecule has 2 aromatic rings. The lowest BCUT2D eigenvalue weighted by Gasteiger charge is -2.19. The lowest BCUT2D eigenvalue weighted by molar-refractivity contribution is 0.586. The molecule has 0 fully saturated rings. The monoisotopic (exact) mass is 307 g/mol. The van der Waals surface area contributed by atoms with Crippen LogP contribution in [0.15, 0.2) is 42.6 Å². The molecule has 1 aromatic carbocycles. The SMILES string of the molecule is Cc1cccc(C(Br)C(C)c2ccccn2)c1F. The molecule has 1 aromatic heterocycles. The van der Waals surface area contributed by atoms with Gasteiger partial charge >= 0.3 is 0 Å². The molecule has 0 aliphatic carbocycles. The van der Waals surface area contributed by atoms with Gasteiger partial charge in [0.25, 0.3) is 0 Å². The second kappa shape index (κ2) is 5.61. The Morgan fingerprint density at radius 1 is 1.17 bits per heavy atom. The Balaban J connectivity index is 2.31. The van der Waals surface area contributed by atoms with Crippen LogP contribution in [0, 0.1) is 12.7 Å². The zero-order valence-corrected chi connectivity index (χ0v) is 12.0. The van der Waals surface area contributed by atoms with Gasteiger partial charge in [-0.3, -0.25) is 4.98 Å². The summed E-state index contributed by atoms with van der Waals surface area (Å²) in [5.74, 6) is -0.0235. The number of benzene rings is 1. The number of alkyl halides is 1. The lowest BCUT2D eigenvalue weighted by Crippen LogP contribution is -2.06. The number of hydrogen-bond acceptors (Lipinski definition) is 1. The molecule has 2 unspecified atom stereocenters. The van der Waals surface area contributed by atoms with Crippen molar-refractivity contribution < 1.29 is 4.39 Å². The van der Waals surface area contributed by atoms with Crippen molar-refractivity contribution in [3.63, 3.8) is 0 Å². The molecule has 1 heterocycles. The van der Waals surface area contributed by atoms with E-state index in [1.54, 1.807) is 19.2 Å². The second-order valence-corrected chi connectivity index (χ2v) is 5.41. The van der Waals surface area contributed by atoms with E-state index in [4.69, 9.17) is 0 Å². The summed E-state index contributed by atoms with van der Waals surface area (Å²) >= 11 is 3.59. The number of nitrogens with zero attached hydrogens (tertiary/aromatic N) is 1. The van der Waals surface area contributed by atoms with Crippen LogP contribution in [0.25, 0.3) is 0 Å². The molecule has 1 nitrogen and oxygen atoms in total. The lowest BCUT2D eigenvalue weighted by atomic mass is 9.96. The third kappa shape index (κ3) is 2.61. The third-order valence-electron chi connectivity index (χ3n) is 3.11. The minimum absolute atomic E-state index is 0.0766. The van der Waals surface area contributed by atoms with Crippen LogP contribution in [-0.2, 0) is 0 Å². The van der Waals surface area contributed by atoms with Crippen molar-refractivity contribution in [1.29, 1.82) is 0 Å². The first-order valence-electron chi connectivity index (χ1n) is 5.91. The fraction of sp³-hybridized carbons (Fsp3) is 0.267. The van der Waals surface area contributed by atoms with Crippen molar-refractivity contribution in [2.45, 2.75) is 24.6 Å². The average molecular weight is 308 g/mol. The molecule has 0 spiro atoms. The number of aryl methyl sites for hydroxylation is 1. The molecular formula is C15H15BrFN. The molecule has 2 rings (SSSR count). The van der Waals surface area contributed by atoms with Crippen molar-refractivity contribution in [2.24, 2.45) is 0 Å². The standard InChI is InChI=1S/C15H15BrFN/c1-10-6-5-7-12(15(10)17)14(16)11(2)13-8-3-4-9-18-13/h3-9,11,14H,1-2H3. The second-order valence-electron chi connectivity index (χ2n) is 4.42. The van der Waals surface area contributed by atoms with Gasteiger partial charge in [0.1, 0.15) is 5.82 Å². The van der Waals surface area contributed by atoms with E-state index in [-0.39, 0.29) is 16.6 Å². The van der Waals surface area contributed by atoms with Crippen molar-refractivity contribution in [1.82, 2.24) is 4.98 Å². The van der Waals surface area contributed by atoms with Crippen LogP contribution < -0.4 is 0 Å². The maximum atomic E-state index is 14.1. The first-order chi connectivity index (χ1) is 8.61. The van der Waals surface area contributed by atoms with E-state index in [1.165, 1.54) is 0 Å². The van der Waals surface area contributed by atoms with Gasteiger partial charge in [-0.15, -0.1) is 0 Å². The highest BCUT2D eigenvalue weighted by Gasteiger charge is 2.22. The van der Waals surface area contributed by atoms with Crippen LogP contribution in [0.1, 0.15) is 34.5 Å². The highest BCUT2D eigenvalue weighted by atomic mass is 79.9. The van der Waals surface area contributed by atoms with Gasteiger partial charge in [-0.1, -0.05) is 47.1 Å². The van der Waals surface area contributed by atoms with E-state index in [9.17, 15) is 4.39 Å². The first kappa shape index (κ1) is 13.2.